The normalized spacial score (nSPS) is 13.3. The molecule has 18 nitrogen and oxygen atoms in total. The number of primary amides is 1. The summed E-state index contributed by atoms with van der Waals surface area (Å²) in [4.78, 5) is 69.9. The van der Waals surface area contributed by atoms with Crippen LogP contribution in [0.15, 0.2) is 34.3 Å². The van der Waals surface area contributed by atoms with E-state index in [1.807, 2.05) is 0 Å². The molecule has 1 aromatic rings. The number of nitrogens with zero attached hydrogens (tertiary/aromatic N) is 2. The van der Waals surface area contributed by atoms with Gasteiger partial charge >= 0.3 is 5.97 Å². The lowest BCUT2D eigenvalue weighted by molar-refractivity contribution is -0.142. The number of nitrogens with one attached hydrogen (secondary N) is 3. The molecule has 0 aromatic heterocycles. The first kappa shape index (κ1) is 35.9. The van der Waals surface area contributed by atoms with E-state index < -0.39 is 60.2 Å². The number of phenolic OH excluding ortho intramolecular Hbond substituents is 1. The molecule has 0 aliphatic carbocycles. The van der Waals surface area contributed by atoms with Crippen LogP contribution in [0.4, 0.5) is 0 Å². The SMILES string of the molecule is NC(=O)CC(N)C(=O)NC(Cc1ccc(O)cc1)C(=O)NC(CCCN=C(N)N)C(=O)NC(CCCN=C(N)N)C(=O)O. The van der Waals surface area contributed by atoms with Crippen LogP contribution >= 0.6 is 0 Å². The Morgan fingerprint density at radius 2 is 1.19 bits per heavy atom. The van der Waals surface area contributed by atoms with Crippen LogP contribution in [0.3, 0.4) is 0 Å². The van der Waals surface area contributed by atoms with E-state index >= 15 is 0 Å². The summed E-state index contributed by atoms with van der Waals surface area (Å²) in [5.41, 5.74) is 32.6. The molecule has 4 amide bonds. The summed E-state index contributed by atoms with van der Waals surface area (Å²) in [6.45, 7) is 0.246. The fraction of sp³-hybridized carbons (Fsp3) is 0.480. The summed E-state index contributed by atoms with van der Waals surface area (Å²) in [6.07, 6.45) is -0.125. The second kappa shape index (κ2) is 18.3. The first-order valence-electron chi connectivity index (χ1n) is 13.3. The molecule has 0 spiro atoms. The predicted molar refractivity (Wildman–Crippen MR) is 157 cm³/mol. The van der Waals surface area contributed by atoms with Crippen LogP contribution in [0.2, 0.25) is 0 Å². The number of aromatic hydroxyl groups is 1. The molecule has 18 heteroatoms. The van der Waals surface area contributed by atoms with Gasteiger partial charge in [-0.05, 0) is 43.4 Å². The maximum Gasteiger partial charge on any atom is 0.326 e. The van der Waals surface area contributed by atoms with Gasteiger partial charge in [-0.1, -0.05) is 12.1 Å². The lowest BCUT2D eigenvalue weighted by Gasteiger charge is -2.25. The molecule has 4 unspecified atom stereocenters. The van der Waals surface area contributed by atoms with E-state index in [9.17, 15) is 34.2 Å². The number of guanidine groups is 2. The van der Waals surface area contributed by atoms with Crippen molar-refractivity contribution in [2.45, 2.75) is 62.7 Å². The van der Waals surface area contributed by atoms with Crippen LogP contribution in [0.25, 0.3) is 0 Å². The molecule has 0 aliphatic rings. The van der Waals surface area contributed by atoms with Gasteiger partial charge in [-0.3, -0.25) is 29.2 Å². The zero-order chi connectivity index (χ0) is 32.5. The van der Waals surface area contributed by atoms with E-state index in [0.717, 1.165) is 0 Å². The highest BCUT2D eigenvalue weighted by Gasteiger charge is 2.30. The number of carboxylic acid groups (broad SMARTS) is 1. The average Bonchev–Trinajstić information content (AvgIpc) is 2.91. The molecule has 238 valence electrons. The highest BCUT2D eigenvalue weighted by molar-refractivity contribution is 5.95. The van der Waals surface area contributed by atoms with Crippen LogP contribution in [0.1, 0.15) is 37.7 Å². The van der Waals surface area contributed by atoms with Crippen molar-refractivity contribution in [3.05, 3.63) is 29.8 Å². The number of benzene rings is 1. The van der Waals surface area contributed by atoms with Crippen LogP contribution in [-0.4, -0.2) is 89.0 Å². The second-order valence-corrected chi connectivity index (χ2v) is 9.57. The van der Waals surface area contributed by atoms with Gasteiger partial charge in [0, 0.05) is 19.5 Å². The summed E-state index contributed by atoms with van der Waals surface area (Å²) in [7, 11) is 0. The Bertz CT molecular complexity index is 1170. The molecule has 0 aliphatic heterocycles. The van der Waals surface area contributed by atoms with E-state index in [1.54, 1.807) is 0 Å². The third-order valence-corrected chi connectivity index (χ3v) is 5.91. The van der Waals surface area contributed by atoms with Gasteiger partial charge in [-0.25, -0.2) is 4.79 Å². The lowest BCUT2D eigenvalue weighted by Crippen LogP contribution is -2.57. The molecular formula is C25H41N11O7. The minimum absolute atomic E-state index is 0.00421. The monoisotopic (exact) mass is 607 g/mol. The van der Waals surface area contributed by atoms with Gasteiger partial charge in [0.15, 0.2) is 11.9 Å². The van der Waals surface area contributed by atoms with E-state index in [-0.39, 0.29) is 62.9 Å². The van der Waals surface area contributed by atoms with Gasteiger partial charge < -0.3 is 60.6 Å². The smallest absolute Gasteiger partial charge is 0.326 e. The molecule has 0 fully saturated rings. The Labute approximate surface area is 247 Å². The Balaban J connectivity index is 3.18. The number of carbonyl (C=O) groups excluding carboxylic acids is 4. The van der Waals surface area contributed by atoms with E-state index in [4.69, 9.17) is 34.4 Å². The van der Waals surface area contributed by atoms with Crippen molar-refractivity contribution in [1.82, 2.24) is 16.0 Å². The third-order valence-electron chi connectivity index (χ3n) is 5.91. The number of carboxylic acids is 1. The predicted octanol–water partition coefficient (Wildman–Crippen LogP) is -4.22. The van der Waals surface area contributed by atoms with Crippen molar-refractivity contribution in [3.63, 3.8) is 0 Å². The number of phenols is 1. The fourth-order valence-corrected chi connectivity index (χ4v) is 3.74. The van der Waals surface area contributed by atoms with Crippen molar-refractivity contribution >= 4 is 41.5 Å². The van der Waals surface area contributed by atoms with Crippen LogP contribution in [0, 0.1) is 0 Å². The van der Waals surface area contributed by atoms with Gasteiger partial charge in [0.25, 0.3) is 0 Å². The van der Waals surface area contributed by atoms with Crippen molar-refractivity contribution in [2.24, 2.45) is 44.4 Å². The van der Waals surface area contributed by atoms with Crippen LogP contribution in [-0.2, 0) is 30.4 Å². The number of hydrogen-bond acceptors (Lipinski definition) is 9. The quantitative estimate of drug-likeness (QED) is 0.0405. The van der Waals surface area contributed by atoms with E-state index in [1.165, 1.54) is 24.3 Å². The van der Waals surface area contributed by atoms with Gasteiger partial charge in [-0.2, -0.15) is 0 Å². The topological polar surface area (TPSA) is 343 Å². The summed E-state index contributed by atoms with van der Waals surface area (Å²) in [5.74, 6) is -4.98. The summed E-state index contributed by atoms with van der Waals surface area (Å²) < 4.78 is 0. The zero-order valence-corrected chi connectivity index (χ0v) is 23.6. The maximum absolute atomic E-state index is 13.4. The number of aliphatic imine (C=N–C) groups is 2. The van der Waals surface area contributed by atoms with Crippen molar-refractivity contribution in [3.8, 4) is 5.75 Å². The van der Waals surface area contributed by atoms with Crippen LogP contribution in [0.5, 0.6) is 5.75 Å². The zero-order valence-electron chi connectivity index (χ0n) is 23.6. The summed E-state index contributed by atoms with van der Waals surface area (Å²) >= 11 is 0. The van der Waals surface area contributed by atoms with Crippen molar-refractivity contribution in [1.29, 1.82) is 0 Å². The first-order valence-corrected chi connectivity index (χ1v) is 13.3. The molecule has 43 heavy (non-hydrogen) atoms. The van der Waals surface area contributed by atoms with Gasteiger partial charge in [0.2, 0.25) is 23.6 Å². The van der Waals surface area contributed by atoms with Crippen molar-refractivity contribution in [2.75, 3.05) is 13.1 Å². The summed E-state index contributed by atoms with van der Waals surface area (Å²) in [5, 5.41) is 26.6. The van der Waals surface area contributed by atoms with Crippen LogP contribution < -0.4 is 50.4 Å². The molecule has 0 saturated carbocycles. The minimum atomic E-state index is -1.35. The Morgan fingerprint density at radius 3 is 1.67 bits per heavy atom. The third kappa shape index (κ3) is 14.9. The molecule has 0 saturated heterocycles. The van der Waals surface area contributed by atoms with Crippen molar-refractivity contribution < 1.29 is 34.2 Å². The van der Waals surface area contributed by atoms with Gasteiger partial charge in [-0.15, -0.1) is 0 Å². The minimum Gasteiger partial charge on any atom is -0.508 e. The number of nitrogens with two attached hydrogens (primary N) is 6. The number of hydrogen-bond donors (Lipinski definition) is 11. The second-order valence-electron chi connectivity index (χ2n) is 9.57. The fourth-order valence-electron chi connectivity index (χ4n) is 3.74. The highest BCUT2D eigenvalue weighted by Crippen LogP contribution is 2.12. The number of amides is 4. The Morgan fingerprint density at radius 1 is 0.721 bits per heavy atom. The molecule has 1 rings (SSSR count). The number of rotatable bonds is 19. The largest absolute Gasteiger partial charge is 0.508 e. The molecule has 0 bridgehead atoms. The molecular weight excluding hydrogens is 566 g/mol. The number of aliphatic carboxylic acids is 1. The molecule has 17 N–H and O–H groups in total. The molecule has 1 aromatic carbocycles. The highest BCUT2D eigenvalue weighted by atomic mass is 16.4. The first-order chi connectivity index (χ1) is 20.2. The Hall–Kier alpha value is -5.13. The van der Waals surface area contributed by atoms with Gasteiger partial charge in [0.1, 0.15) is 23.9 Å². The molecule has 0 heterocycles. The Kier molecular flexibility index (Phi) is 15.3. The van der Waals surface area contributed by atoms with E-state index in [2.05, 4.69) is 25.9 Å². The average molecular weight is 608 g/mol. The maximum atomic E-state index is 13.4. The molecule has 4 atom stereocenters. The lowest BCUT2D eigenvalue weighted by atomic mass is 10.0. The summed E-state index contributed by atoms with van der Waals surface area (Å²) in [6, 6.07) is 0.571. The number of carbonyl (C=O) groups is 5. The van der Waals surface area contributed by atoms with Gasteiger partial charge in [0.05, 0.1) is 12.5 Å². The molecule has 0 radical (unpaired) electrons. The standard InChI is InChI=1S/C25H41N11O7/c26-15(12-19(27)38)20(39)36-18(11-13-5-7-14(37)8-6-13)22(41)34-16(3-1-9-32-24(28)29)21(40)35-17(23(42)43)4-2-10-33-25(30)31/h5-8,15-18,37H,1-4,9-12,26H2,(H2,27,38)(H,34,41)(H,35,40)(H,36,39)(H,42,43)(H4,28,29,32)(H4,30,31,33). The van der Waals surface area contributed by atoms with E-state index in [0.29, 0.717) is 5.56 Å².